The third-order valence-corrected chi connectivity index (χ3v) is 6.06. The topological polar surface area (TPSA) is 77.2 Å². The van der Waals surface area contributed by atoms with Crippen LogP contribution in [0.5, 0.6) is 0 Å². The van der Waals surface area contributed by atoms with E-state index in [-0.39, 0.29) is 22.5 Å². The van der Waals surface area contributed by atoms with E-state index in [0.717, 1.165) is 35.0 Å². The highest BCUT2D eigenvalue weighted by atomic mass is 32.2. The molecular weight excluding hydrogens is 338 g/mol. The number of ether oxygens (including phenoxy) is 1. The van der Waals surface area contributed by atoms with Crippen molar-refractivity contribution in [3.63, 3.8) is 0 Å². The SMILES string of the molecule is CC1=Nc2c(c(=O)[nH]n2C2CCOC(C)(C)C2)C(c2ccnn2C)S1. The minimum absolute atomic E-state index is 0.0609. The highest BCUT2D eigenvalue weighted by Crippen LogP contribution is 2.45. The lowest BCUT2D eigenvalue weighted by Gasteiger charge is -2.36. The molecule has 0 aromatic carbocycles. The average molecular weight is 361 g/mol. The van der Waals surface area contributed by atoms with Crippen LogP contribution in [0, 0.1) is 0 Å². The first-order valence-electron chi connectivity index (χ1n) is 8.54. The average Bonchev–Trinajstić information content (AvgIpc) is 3.09. The van der Waals surface area contributed by atoms with E-state index in [2.05, 4.69) is 24.0 Å². The van der Waals surface area contributed by atoms with Crippen molar-refractivity contribution in [2.45, 2.75) is 50.5 Å². The number of aryl methyl sites for hydroxylation is 1. The van der Waals surface area contributed by atoms with Crippen molar-refractivity contribution in [1.29, 1.82) is 0 Å². The van der Waals surface area contributed by atoms with Gasteiger partial charge in [-0.3, -0.25) is 19.3 Å². The number of aliphatic imine (C=N–C) groups is 1. The lowest BCUT2D eigenvalue weighted by molar-refractivity contribution is -0.0705. The Morgan fingerprint density at radius 3 is 2.92 bits per heavy atom. The maximum absolute atomic E-state index is 12.8. The Morgan fingerprint density at radius 2 is 2.24 bits per heavy atom. The maximum Gasteiger partial charge on any atom is 0.271 e. The predicted molar refractivity (Wildman–Crippen MR) is 98.8 cm³/mol. The van der Waals surface area contributed by atoms with Gasteiger partial charge in [0.15, 0.2) is 5.82 Å². The van der Waals surface area contributed by atoms with Crippen LogP contribution in [0.3, 0.4) is 0 Å². The van der Waals surface area contributed by atoms with Gasteiger partial charge >= 0.3 is 0 Å². The Bertz CT molecular complexity index is 891. The lowest BCUT2D eigenvalue weighted by Crippen LogP contribution is -2.35. The van der Waals surface area contributed by atoms with Crippen LogP contribution in [0.1, 0.15) is 56.2 Å². The second kappa shape index (κ2) is 5.88. The number of aromatic nitrogens is 4. The van der Waals surface area contributed by atoms with Crippen molar-refractivity contribution in [2.75, 3.05) is 6.61 Å². The van der Waals surface area contributed by atoms with Crippen LogP contribution < -0.4 is 5.56 Å². The highest BCUT2D eigenvalue weighted by molar-refractivity contribution is 8.14. The fraction of sp³-hybridized carbons (Fsp3) is 0.588. The molecule has 0 radical (unpaired) electrons. The van der Waals surface area contributed by atoms with Gasteiger partial charge in [0.2, 0.25) is 0 Å². The summed E-state index contributed by atoms with van der Waals surface area (Å²) in [6.45, 7) is 6.87. The largest absolute Gasteiger partial charge is 0.375 e. The molecule has 4 heterocycles. The molecule has 0 spiro atoms. The van der Waals surface area contributed by atoms with E-state index in [1.807, 2.05) is 29.4 Å². The summed E-state index contributed by atoms with van der Waals surface area (Å²) in [4.78, 5) is 17.5. The normalized spacial score (nSPS) is 25.5. The quantitative estimate of drug-likeness (QED) is 0.892. The Kier molecular flexibility index (Phi) is 3.92. The molecular formula is C17H23N5O2S. The van der Waals surface area contributed by atoms with Crippen LogP contribution in [-0.4, -0.2) is 36.8 Å². The van der Waals surface area contributed by atoms with Crippen molar-refractivity contribution in [1.82, 2.24) is 19.6 Å². The van der Waals surface area contributed by atoms with Gasteiger partial charge in [0, 0.05) is 19.9 Å². The molecule has 0 bridgehead atoms. The van der Waals surface area contributed by atoms with Crippen molar-refractivity contribution in [3.05, 3.63) is 33.9 Å². The number of hydrogen-bond acceptors (Lipinski definition) is 5. The number of fused-ring (bicyclic) bond motifs is 1. The Labute approximate surface area is 150 Å². The first-order valence-corrected chi connectivity index (χ1v) is 9.42. The Hall–Kier alpha value is -1.80. The van der Waals surface area contributed by atoms with Gasteiger partial charge in [-0.1, -0.05) is 11.8 Å². The van der Waals surface area contributed by atoms with Gasteiger partial charge < -0.3 is 4.74 Å². The summed E-state index contributed by atoms with van der Waals surface area (Å²) in [5, 5.41) is 8.18. The second-order valence-corrected chi connectivity index (χ2v) is 8.61. The van der Waals surface area contributed by atoms with E-state index in [0.29, 0.717) is 6.61 Å². The zero-order valence-electron chi connectivity index (χ0n) is 14.9. The zero-order valence-corrected chi connectivity index (χ0v) is 15.8. The van der Waals surface area contributed by atoms with Crippen molar-refractivity contribution >= 4 is 22.6 Å². The molecule has 2 aliphatic rings. The van der Waals surface area contributed by atoms with Gasteiger partial charge in [0.25, 0.3) is 5.56 Å². The molecule has 0 saturated carbocycles. The summed E-state index contributed by atoms with van der Waals surface area (Å²) < 4.78 is 9.62. The molecule has 1 fully saturated rings. The number of nitrogens with one attached hydrogen (secondary N) is 1. The Balaban J connectivity index is 1.81. The van der Waals surface area contributed by atoms with Crippen molar-refractivity contribution < 1.29 is 4.74 Å². The molecule has 7 nitrogen and oxygen atoms in total. The summed E-state index contributed by atoms with van der Waals surface area (Å²) in [6, 6.07) is 2.15. The molecule has 134 valence electrons. The zero-order chi connectivity index (χ0) is 17.8. The van der Waals surface area contributed by atoms with E-state index in [4.69, 9.17) is 9.73 Å². The van der Waals surface area contributed by atoms with E-state index >= 15 is 0 Å². The molecule has 2 atom stereocenters. The lowest BCUT2D eigenvalue weighted by atomic mass is 9.94. The first kappa shape index (κ1) is 16.7. The van der Waals surface area contributed by atoms with Crippen molar-refractivity contribution in [3.8, 4) is 0 Å². The molecule has 0 aliphatic carbocycles. The molecule has 2 unspecified atom stereocenters. The summed E-state index contributed by atoms with van der Waals surface area (Å²) in [5.74, 6) is 0.759. The molecule has 25 heavy (non-hydrogen) atoms. The smallest absolute Gasteiger partial charge is 0.271 e. The molecule has 2 aromatic rings. The summed E-state index contributed by atoms with van der Waals surface area (Å²) in [7, 11) is 1.91. The molecule has 8 heteroatoms. The van der Waals surface area contributed by atoms with Gasteiger partial charge in [-0.2, -0.15) is 5.10 Å². The molecule has 2 aromatic heterocycles. The third-order valence-electron chi connectivity index (χ3n) is 4.91. The number of aromatic amines is 1. The van der Waals surface area contributed by atoms with Crippen LogP contribution >= 0.6 is 11.8 Å². The number of rotatable bonds is 2. The number of H-pyrrole nitrogens is 1. The monoisotopic (exact) mass is 361 g/mol. The van der Waals surface area contributed by atoms with Crippen LogP contribution in [0.25, 0.3) is 0 Å². The highest BCUT2D eigenvalue weighted by Gasteiger charge is 2.36. The summed E-state index contributed by atoms with van der Waals surface area (Å²) in [5.41, 5.74) is 1.48. The minimum Gasteiger partial charge on any atom is -0.375 e. The minimum atomic E-state index is -0.194. The van der Waals surface area contributed by atoms with Gasteiger partial charge in [-0.05, 0) is 39.7 Å². The molecule has 2 aliphatic heterocycles. The molecule has 1 N–H and O–H groups in total. The molecule has 0 amide bonds. The van der Waals surface area contributed by atoms with E-state index in [1.54, 1.807) is 18.0 Å². The van der Waals surface area contributed by atoms with E-state index in [9.17, 15) is 4.79 Å². The first-order chi connectivity index (χ1) is 11.9. The fourth-order valence-corrected chi connectivity index (χ4v) is 4.91. The second-order valence-electron chi connectivity index (χ2n) is 7.31. The Morgan fingerprint density at radius 1 is 1.44 bits per heavy atom. The van der Waals surface area contributed by atoms with Gasteiger partial charge in [-0.25, -0.2) is 4.99 Å². The maximum atomic E-state index is 12.8. The van der Waals surface area contributed by atoms with Crippen LogP contribution in [0.2, 0.25) is 0 Å². The number of hydrogen-bond donors (Lipinski definition) is 1. The summed E-state index contributed by atoms with van der Waals surface area (Å²) in [6.07, 6.45) is 3.49. The van der Waals surface area contributed by atoms with Crippen LogP contribution in [-0.2, 0) is 11.8 Å². The van der Waals surface area contributed by atoms with E-state index < -0.39 is 0 Å². The van der Waals surface area contributed by atoms with Crippen molar-refractivity contribution in [2.24, 2.45) is 12.0 Å². The van der Waals surface area contributed by atoms with Crippen LogP contribution in [0.4, 0.5) is 5.82 Å². The molecule has 1 saturated heterocycles. The van der Waals surface area contributed by atoms with E-state index in [1.165, 1.54) is 0 Å². The van der Waals surface area contributed by atoms with Gasteiger partial charge in [0.05, 0.1) is 33.2 Å². The summed E-state index contributed by atoms with van der Waals surface area (Å²) >= 11 is 1.61. The third kappa shape index (κ3) is 2.87. The number of nitrogens with zero attached hydrogens (tertiary/aromatic N) is 4. The molecule has 4 rings (SSSR count). The van der Waals surface area contributed by atoms with Crippen LogP contribution in [0.15, 0.2) is 22.1 Å². The predicted octanol–water partition coefficient (Wildman–Crippen LogP) is 2.93. The van der Waals surface area contributed by atoms with Gasteiger partial charge in [-0.15, -0.1) is 0 Å². The standard InChI is InChI=1S/C17H23N5O2S/c1-10-19-15-13(14(25-10)12-5-7-18-21(12)4)16(23)20-22(15)11-6-8-24-17(2,3)9-11/h5,7,11,14H,6,8-9H2,1-4H3,(H,20,23). The fourth-order valence-electron chi connectivity index (χ4n) is 3.74. The number of thioether (sulfide) groups is 1. The van der Waals surface area contributed by atoms with Gasteiger partial charge in [0.1, 0.15) is 0 Å².